The van der Waals surface area contributed by atoms with Gasteiger partial charge >= 0.3 is 0 Å². The fraction of sp³-hybridized carbons (Fsp3) is 0.750. The van der Waals surface area contributed by atoms with Crippen LogP contribution in [0.5, 0.6) is 0 Å². The van der Waals surface area contributed by atoms with Crippen molar-refractivity contribution in [2.24, 2.45) is 0 Å². The number of piperidine rings is 1. The predicted octanol–water partition coefficient (Wildman–Crippen LogP) is 2.70. The lowest BCUT2D eigenvalue weighted by molar-refractivity contribution is -0.141. The van der Waals surface area contributed by atoms with E-state index in [1.807, 2.05) is 11.8 Å². The standard InChI is InChI=1S/C16H24N2O3S/c1-12-11-22-16(17-12)14-6-2-3-7-18(14)15(19)10-20-9-13-5-4-8-21-13/h11,13-14H,2-10H2,1H3/t13-,14-/m1/s1. The molecule has 2 aliphatic heterocycles. The van der Waals surface area contributed by atoms with E-state index in [1.165, 1.54) is 0 Å². The number of thiazole rings is 1. The first-order valence-electron chi connectivity index (χ1n) is 8.15. The highest BCUT2D eigenvalue weighted by Crippen LogP contribution is 2.32. The molecule has 2 fully saturated rings. The Bertz CT molecular complexity index is 499. The molecule has 2 saturated heterocycles. The quantitative estimate of drug-likeness (QED) is 0.835. The van der Waals surface area contributed by atoms with E-state index in [0.717, 1.165) is 56.0 Å². The van der Waals surface area contributed by atoms with E-state index < -0.39 is 0 Å². The number of rotatable bonds is 5. The molecule has 1 amide bonds. The van der Waals surface area contributed by atoms with Gasteiger partial charge in [0.2, 0.25) is 5.91 Å². The van der Waals surface area contributed by atoms with Crippen LogP contribution in [0.3, 0.4) is 0 Å². The van der Waals surface area contributed by atoms with Gasteiger partial charge in [0.25, 0.3) is 0 Å². The molecule has 1 aromatic rings. The van der Waals surface area contributed by atoms with E-state index in [9.17, 15) is 4.79 Å². The van der Waals surface area contributed by atoms with Gasteiger partial charge in [0.05, 0.1) is 18.8 Å². The number of carbonyl (C=O) groups is 1. The molecule has 2 atom stereocenters. The molecule has 3 rings (SSSR count). The van der Waals surface area contributed by atoms with E-state index in [2.05, 4.69) is 10.4 Å². The smallest absolute Gasteiger partial charge is 0.249 e. The topological polar surface area (TPSA) is 51.7 Å². The number of hydrogen-bond acceptors (Lipinski definition) is 5. The largest absolute Gasteiger partial charge is 0.376 e. The number of carbonyl (C=O) groups excluding carboxylic acids is 1. The second kappa shape index (κ2) is 7.53. The number of hydrogen-bond donors (Lipinski definition) is 0. The lowest BCUT2D eigenvalue weighted by atomic mass is 10.0. The minimum absolute atomic E-state index is 0.0792. The zero-order valence-corrected chi connectivity index (χ0v) is 13.9. The summed E-state index contributed by atoms with van der Waals surface area (Å²) in [5, 5.41) is 3.12. The molecule has 0 N–H and O–H groups in total. The van der Waals surface area contributed by atoms with E-state index in [-0.39, 0.29) is 24.7 Å². The van der Waals surface area contributed by atoms with Crippen molar-refractivity contribution in [1.82, 2.24) is 9.88 Å². The molecule has 5 nitrogen and oxygen atoms in total. The molecule has 122 valence electrons. The average molecular weight is 324 g/mol. The first-order valence-corrected chi connectivity index (χ1v) is 9.03. The van der Waals surface area contributed by atoms with Gasteiger partial charge in [0.1, 0.15) is 11.6 Å². The SMILES string of the molecule is Cc1csc([C@H]2CCCCN2C(=O)COC[C@H]2CCCO2)n1. The van der Waals surface area contributed by atoms with Crippen LogP contribution in [0.1, 0.15) is 48.8 Å². The highest BCUT2D eigenvalue weighted by Gasteiger charge is 2.30. The summed E-state index contributed by atoms with van der Waals surface area (Å²) in [5.41, 5.74) is 1.03. The van der Waals surface area contributed by atoms with Crippen molar-refractivity contribution in [2.75, 3.05) is 26.4 Å². The maximum Gasteiger partial charge on any atom is 0.249 e. The van der Waals surface area contributed by atoms with Gasteiger partial charge in [-0.05, 0) is 39.0 Å². The molecule has 0 unspecified atom stereocenters. The van der Waals surface area contributed by atoms with Gasteiger partial charge in [-0.2, -0.15) is 0 Å². The number of likely N-dealkylation sites (tertiary alicyclic amines) is 1. The molecule has 1 aromatic heterocycles. The summed E-state index contributed by atoms with van der Waals surface area (Å²) in [5.74, 6) is 0.0792. The van der Waals surface area contributed by atoms with Crippen LogP contribution in [0.25, 0.3) is 0 Å². The van der Waals surface area contributed by atoms with Crippen LogP contribution in [0.4, 0.5) is 0 Å². The molecule has 3 heterocycles. The van der Waals surface area contributed by atoms with Crippen LogP contribution >= 0.6 is 11.3 Å². The van der Waals surface area contributed by atoms with Gasteiger partial charge in [-0.1, -0.05) is 0 Å². The minimum Gasteiger partial charge on any atom is -0.376 e. The third kappa shape index (κ3) is 3.86. The van der Waals surface area contributed by atoms with Crippen molar-refractivity contribution in [1.29, 1.82) is 0 Å². The van der Waals surface area contributed by atoms with E-state index in [4.69, 9.17) is 9.47 Å². The molecule has 0 aromatic carbocycles. The van der Waals surface area contributed by atoms with Crippen molar-refractivity contribution in [3.8, 4) is 0 Å². The number of amides is 1. The molecule has 0 aliphatic carbocycles. The Hall–Kier alpha value is -0.980. The first-order chi connectivity index (χ1) is 10.7. The second-order valence-electron chi connectivity index (χ2n) is 6.08. The molecule has 0 saturated carbocycles. The second-order valence-corrected chi connectivity index (χ2v) is 6.97. The van der Waals surface area contributed by atoms with Gasteiger partial charge in [0, 0.05) is 24.2 Å². The molecule has 22 heavy (non-hydrogen) atoms. The van der Waals surface area contributed by atoms with E-state index in [1.54, 1.807) is 11.3 Å². The number of ether oxygens (including phenoxy) is 2. The Morgan fingerprint density at radius 1 is 1.45 bits per heavy atom. The lowest BCUT2D eigenvalue weighted by Crippen LogP contribution is -2.40. The van der Waals surface area contributed by atoms with E-state index >= 15 is 0 Å². The van der Waals surface area contributed by atoms with Crippen LogP contribution in [-0.2, 0) is 14.3 Å². The van der Waals surface area contributed by atoms with Gasteiger partial charge in [-0.3, -0.25) is 4.79 Å². The minimum atomic E-state index is 0.0792. The van der Waals surface area contributed by atoms with E-state index in [0.29, 0.717) is 6.61 Å². The summed E-state index contributed by atoms with van der Waals surface area (Å²) in [6.45, 7) is 4.31. The number of aryl methyl sites for hydroxylation is 1. The Balaban J connectivity index is 1.54. The van der Waals surface area contributed by atoms with Gasteiger partial charge in [-0.15, -0.1) is 11.3 Å². The zero-order chi connectivity index (χ0) is 15.4. The molecule has 2 aliphatic rings. The van der Waals surface area contributed by atoms with Crippen molar-refractivity contribution in [3.05, 3.63) is 16.1 Å². The summed E-state index contributed by atoms with van der Waals surface area (Å²) in [6, 6.07) is 0.131. The summed E-state index contributed by atoms with van der Waals surface area (Å²) in [7, 11) is 0. The molecule has 0 spiro atoms. The Morgan fingerprint density at radius 3 is 3.09 bits per heavy atom. The fourth-order valence-electron chi connectivity index (χ4n) is 3.15. The average Bonchev–Trinajstić information content (AvgIpc) is 3.19. The Morgan fingerprint density at radius 2 is 2.36 bits per heavy atom. The Labute approximate surface area is 135 Å². The summed E-state index contributed by atoms with van der Waals surface area (Å²) in [6.07, 6.45) is 5.54. The molecule has 6 heteroatoms. The maximum atomic E-state index is 12.5. The van der Waals surface area contributed by atoms with Crippen LogP contribution in [0.2, 0.25) is 0 Å². The fourth-order valence-corrected chi connectivity index (χ4v) is 4.09. The molecular weight excluding hydrogens is 300 g/mol. The Kier molecular flexibility index (Phi) is 5.44. The molecule has 0 radical (unpaired) electrons. The van der Waals surface area contributed by atoms with Crippen LogP contribution in [-0.4, -0.2) is 48.3 Å². The maximum absolute atomic E-state index is 12.5. The van der Waals surface area contributed by atoms with Crippen LogP contribution < -0.4 is 0 Å². The number of aromatic nitrogens is 1. The summed E-state index contributed by atoms with van der Waals surface area (Å²) in [4.78, 5) is 19.0. The third-order valence-electron chi connectivity index (χ3n) is 4.30. The van der Waals surface area contributed by atoms with Crippen molar-refractivity contribution < 1.29 is 14.3 Å². The molecular formula is C16H24N2O3S. The first kappa shape index (κ1) is 15.9. The summed E-state index contributed by atoms with van der Waals surface area (Å²) < 4.78 is 11.1. The normalized spacial score (nSPS) is 25.6. The van der Waals surface area contributed by atoms with Crippen LogP contribution in [0.15, 0.2) is 5.38 Å². The van der Waals surface area contributed by atoms with Gasteiger partial charge in [-0.25, -0.2) is 4.98 Å². The van der Waals surface area contributed by atoms with Crippen molar-refractivity contribution in [2.45, 2.75) is 51.2 Å². The predicted molar refractivity (Wildman–Crippen MR) is 84.9 cm³/mol. The van der Waals surface area contributed by atoms with Gasteiger partial charge in [0.15, 0.2) is 0 Å². The summed E-state index contributed by atoms with van der Waals surface area (Å²) >= 11 is 1.66. The van der Waals surface area contributed by atoms with Gasteiger partial charge < -0.3 is 14.4 Å². The number of nitrogens with zero attached hydrogens (tertiary/aromatic N) is 2. The monoisotopic (exact) mass is 324 g/mol. The molecule has 0 bridgehead atoms. The highest BCUT2D eigenvalue weighted by molar-refractivity contribution is 7.09. The van der Waals surface area contributed by atoms with Crippen molar-refractivity contribution in [3.63, 3.8) is 0 Å². The lowest BCUT2D eigenvalue weighted by Gasteiger charge is -2.34. The highest BCUT2D eigenvalue weighted by atomic mass is 32.1. The zero-order valence-electron chi connectivity index (χ0n) is 13.1. The van der Waals surface area contributed by atoms with Crippen LogP contribution in [0, 0.1) is 6.92 Å². The van der Waals surface area contributed by atoms with Crippen molar-refractivity contribution >= 4 is 17.2 Å². The third-order valence-corrected chi connectivity index (χ3v) is 5.36.